The van der Waals surface area contributed by atoms with Crippen LogP contribution in [0.15, 0.2) is 47.1 Å². The minimum absolute atomic E-state index is 0.0739. The molecule has 0 atom stereocenters. The maximum Gasteiger partial charge on any atom is 0.280 e. The zero-order valence-electron chi connectivity index (χ0n) is 14.6. The number of benzene rings is 2. The molecular formula is C20H12Br4N2O2. The number of rotatable bonds is 2. The van der Waals surface area contributed by atoms with Gasteiger partial charge in [-0.2, -0.15) is 0 Å². The molecule has 4 nitrogen and oxygen atoms in total. The third-order valence-corrected chi connectivity index (χ3v) is 8.06. The lowest BCUT2D eigenvalue weighted by Crippen LogP contribution is -2.01. The molecule has 0 saturated carbocycles. The molecule has 1 aliphatic heterocycles. The van der Waals surface area contributed by atoms with Crippen molar-refractivity contribution in [3.8, 4) is 17.1 Å². The van der Waals surface area contributed by atoms with Gasteiger partial charge in [0.15, 0.2) is 5.88 Å². The van der Waals surface area contributed by atoms with Gasteiger partial charge in [0.25, 0.3) is 5.91 Å². The summed E-state index contributed by atoms with van der Waals surface area (Å²) in [7, 11) is 0. The Balaban J connectivity index is 1.91. The molecule has 2 aromatic carbocycles. The molecule has 4 rings (SSSR count). The van der Waals surface area contributed by atoms with Gasteiger partial charge >= 0.3 is 0 Å². The maximum absolute atomic E-state index is 12.8. The minimum atomic E-state index is -0.378. The molecule has 1 amide bonds. The van der Waals surface area contributed by atoms with Crippen LogP contribution in [0.2, 0.25) is 0 Å². The number of amides is 1. The second-order valence-corrected chi connectivity index (χ2v) is 9.91. The number of aliphatic imine (C=N–C) groups is 1. The van der Waals surface area contributed by atoms with E-state index in [1.54, 1.807) is 0 Å². The highest BCUT2D eigenvalue weighted by molar-refractivity contribution is 9.11. The molecule has 2 heterocycles. The number of aromatic amines is 1. The smallest absolute Gasteiger partial charge is 0.280 e. The number of nitrogens with one attached hydrogen (secondary N) is 1. The van der Waals surface area contributed by atoms with Crippen molar-refractivity contribution in [1.82, 2.24) is 4.98 Å². The van der Waals surface area contributed by atoms with Crippen molar-refractivity contribution in [3.63, 3.8) is 0 Å². The second kappa shape index (κ2) is 7.23. The van der Waals surface area contributed by atoms with Crippen LogP contribution >= 0.6 is 63.7 Å². The van der Waals surface area contributed by atoms with Crippen LogP contribution in [0.25, 0.3) is 11.3 Å². The van der Waals surface area contributed by atoms with Crippen LogP contribution in [-0.2, 0) is 0 Å². The van der Waals surface area contributed by atoms with Crippen molar-refractivity contribution in [1.29, 1.82) is 0 Å². The van der Waals surface area contributed by atoms with Crippen molar-refractivity contribution in [3.05, 3.63) is 70.0 Å². The van der Waals surface area contributed by atoms with Crippen LogP contribution in [0, 0.1) is 13.8 Å². The molecule has 0 fully saturated rings. The van der Waals surface area contributed by atoms with E-state index in [1.165, 1.54) is 0 Å². The summed E-state index contributed by atoms with van der Waals surface area (Å²) >= 11 is 14.1. The van der Waals surface area contributed by atoms with Crippen molar-refractivity contribution >= 4 is 75.3 Å². The van der Waals surface area contributed by atoms with Gasteiger partial charge in [0, 0.05) is 29.0 Å². The Kier molecular flexibility index (Phi) is 5.18. The number of aromatic hydroxyl groups is 1. The maximum atomic E-state index is 12.8. The molecule has 1 aromatic heterocycles. The summed E-state index contributed by atoms with van der Waals surface area (Å²) in [5.41, 5.74) is 5.41. The first-order valence-electron chi connectivity index (χ1n) is 8.19. The van der Waals surface area contributed by atoms with Gasteiger partial charge in [-0.15, -0.1) is 0 Å². The van der Waals surface area contributed by atoms with Gasteiger partial charge < -0.3 is 10.1 Å². The van der Waals surface area contributed by atoms with Gasteiger partial charge in [-0.05, 0) is 49.2 Å². The molecule has 0 aliphatic carbocycles. The summed E-state index contributed by atoms with van der Waals surface area (Å²) in [4.78, 5) is 20.0. The number of halogens is 4. The number of carbonyl (C=O) groups is 1. The standard InChI is InChI=1S/C20H12Br4N2O2/c1-7-11(21)3-9(4-12(7)22)17-15-16(20(28)25-17)18(26-19(15)27)10-5-13(23)8(2)14(24)6-10/h3-6,25,28H,1-2H3. The fraction of sp³-hybridized carbons (Fsp3) is 0.100. The summed E-state index contributed by atoms with van der Waals surface area (Å²) in [5, 5.41) is 10.6. The average molecular weight is 632 g/mol. The molecule has 0 unspecified atom stereocenters. The van der Waals surface area contributed by atoms with Crippen LogP contribution in [0.3, 0.4) is 0 Å². The molecule has 0 spiro atoms. The first-order valence-corrected chi connectivity index (χ1v) is 11.4. The normalized spacial score (nSPS) is 13.1. The lowest BCUT2D eigenvalue weighted by molar-refractivity contribution is 0.101. The quantitative estimate of drug-likeness (QED) is 0.319. The van der Waals surface area contributed by atoms with Crippen LogP contribution in [0.4, 0.5) is 0 Å². The van der Waals surface area contributed by atoms with E-state index in [2.05, 4.69) is 73.7 Å². The van der Waals surface area contributed by atoms with Gasteiger partial charge in [-0.1, -0.05) is 63.7 Å². The van der Waals surface area contributed by atoms with Crippen LogP contribution in [0.5, 0.6) is 5.88 Å². The Hall–Kier alpha value is -1.22. The third-order valence-electron chi connectivity index (χ3n) is 4.77. The highest BCUT2D eigenvalue weighted by Gasteiger charge is 2.34. The zero-order valence-corrected chi connectivity index (χ0v) is 21.0. The van der Waals surface area contributed by atoms with Gasteiger partial charge in [-0.3, -0.25) is 4.79 Å². The van der Waals surface area contributed by atoms with Crippen LogP contribution in [-0.4, -0.2) is 21.7 Å². The number of nitrogens with zero attached hydrogens (tertiary/aromatic N) is 1. The van der Waals surface area contributed by atoms with E-state index in [0.717, 1.165) is 40.1 Å². The highest BCUT2D eigenvalue weighted by atomic mass is 79.9. The summed E-state index contributed by atoms with van der Waals surface area (Å²) in [6.07, 6.45) is 0. The second-order valence-electron chi connectivity index (χ2n) is 6.49. The molecule has 8 heteroatoms. The van der Waals surface area contributed by atoms with Gasteiger partial charge in [0.2, 0.25) is 0 Å². The predicted octanol–water partition coefficient (Wildman–Crippen LogP) is 7.05. The number of aromatic nitrogens is 1. The zero-order chi connectivity index (χ0) is 20.3. The first-order chi connectivity index (χ1) is 13.2. The topological polar surface area (TPSA) is 65.5 Å². The van der Waals surface area contributed by atoms with E-state index < -0.39 is 0 Å². The number of hydrogen-bond donors (Lipinski definition) is 2. The highest BCUT2D eigenvalue weighted by Crippen LogP contribution is 2.41. The van der Waals surface area contributed by atoms with E-state index in [0.29, 0.717) is 22.5 Å². The molecule has 0 bridgehead atoms. The molecule has 142 valence electrons. The molecule has 0 saturated heterocycles. The summed E-state index contributed by atoms with van der Waals surface area (Å²) in [6, 6.07) is 7.62. The molecular weight excluding hydrogens is 620 g/mol. The summed E-state index contributed by atoms with van der Waals surface area (Å²) in [5.74, 6) is -0.451. The van der Waals surface area contributed by atoms with E-state index in [1.807, 2.05) is 38.1 Å². The number of fused-ring (bicyclic) bond motifs is 1. The predicted molar refractivity (Wildman–Crippen MR) is 125 cm³/mol. The Labute approximate surface area is 195 Å². The SMILES string of the molecule is Cc1c(Br)cc(C2=NC(=O)c3c(-c4cc(Br)c(C)c(Br)c4)[nH]c(O)c32)cc1Br. The molecule has 2 N–H and O–H groups in total. The van der Waals surface area contributed by atoms with E-state index in [9.17, 15) is 9.90 Å². The number of carbonyl (C=O) groups excluding carboxylic acids is 1. The Morgan fingerprint density at radius 1 is 0.821 bits per heavy atom. The van der Waals surface area contributed by atoms with Crippen LogP contribution in [0.1, 0.15) is 32.6 Å². The Morgan fingerprint density at radius 2 is 1.29 bits per heavy atom. The van der Waals surface area contributed by atoms with Crippen molar-refractivity contribution in [2.75, 3.05) is 0 Å². The molecule has 3 aromatic rings. The molecule has 28 heavy (non-hydrogen) atoms. The fourth-order valence-electron chi connectivity index (χ4n) is 3.14. The van der Waals surface area contributed by atoms with Crippen molar-refractivity contribution < 1.29 is 9.90 Å². The summed E-state index contributed by atoms with van der Waals surface area (Å²) in [6.45, 7) is 3.96. The van der Waals surface area contributed by atoms with Gasteiger partial charge in [-0.25, -0.2) is 4.99 Å². The van der Waals surface area contributed by atoms with Crippen molar-refractivity contribution in [2.45, 2.75) is 13.8 Å². The Morgan fingerprint density at radius 3 is 1.79 bits per heavy atom. The fourth-order valence-corrected chi connectivity index (χ4v) is 5.51. The number of hydrogen-bond acceptors (Lipinski definition) is 2. The lowest BCUT2D eigenvalue weighted by Gasteiger charge is -2.07. The van der Waals surface area contributed by atoms with Gasteiger partial charge in [0.1, 0.15) is 0 Å². The van der Waals surface area contributed by atoms with E-state index in [-0.39, 0.29) is 11.8 Å². The van der Waals surface area contributed by atoms with E-state index >= 15 is 0 Å². The van der Waals surface area contributed by atoms with Crippen LogP contribution < -0.4 is 0 Å². The minimum Gasteiger partial charge on any atom is -0.494 e. The third kappa shape index (κ3) is 3.14. The average Bonchev–Trinajstić information content (AvgIpc) is 3.15. The van der Waals surface area contributed by atoms with E-state index in [4.69, 9.17) is 0 Å². The van der Waals surface area contributed by atoms with Gasteiger partial charge in [0.05, 0.1) is 22.5 Å². The monoisotopic (exact) mass is 628 g/mol. The number of H-pyrrole nitrogens is 1. The molecule has 1 aliphatic rings. The molecule has 0 radical (unpaired) electrons. The summed E-state index contributed by atoms with van der Waals surface area (Å²) < 4.78 is 3.58. The first kappa shape index (κ1) is 20.1. The Bertz CT molecular complexity index is 1170. The largest absolute Gasteiger partial charge is 0.494 e. The lowest BCUT2D eigenvalue weighted by atomic mass is 9.99. The van der Waals surface area contributed by atoms with Crippen molar-refractivity contribution in [2.24, 2.45) is 4.99 Å².